The van der Waals surface area contributed by atoms with Crippen LogP contribution in [-0.2, 0) is 9.53 Å². The third-order valence-corrected chi connectivity index (χ3v) is 4.06. The molecule has 0 bridgehead atoms. The largest absolute Gasteiger partial charge is 0.508 e. The van der Waals surface area contributed by atoms with Gasteiger partial charge >= 0.3 is 11.6 Å². The van der Waals surface area contributed by atoms with Gasteiger partial charge in [-0.05, 0) is 29.8 Å². The average Bonchev–Trinajstić information content (AvgIpc) is 2.61. The van der Waals surface area contributed by atoms with Gasteiger partial charge in [-0.3, -0.25) is 4.79 Å². The van der Waals surface area contributed by atoms with E-state index in [1.165, 1.54) is 19.2 Å². The van der Waals surface area contributed by atoms with E-state index in [1.54, 1.807) is 36.4 Å². The molecule has 0 unspecified atom stereocenters. The number of ether oxygens (including phenoxy) is 1. The van der Waals surface area contributed by atoms with Gasteiger partial charge in [-0.2, -0.15) is 0 Å². The minimum atomic E-state index is -0.770. The van der Waals surface area contributed by atoms with Gasteiger partial charge in [-0.15, -0.1) is 0 Å². The number of esters is 1. The van der Waals surface area contributed by atoms with Crippen LogP contribution in [0.2, 0.25) is 0 Å². The van der Waals surface area contributed by atoms with E-state index in [-0.39, 0.29) is 29.1 Å². The zero-order valence-electron chi connectivity index (χ0n) is 13.4. The molecule has 0 fully saturated rings. The fourth-order valence-corrected chi connectivity index (χ4v) is 2.80. The molecule has 2 aromatic carbocycles. The lowest BCUT2D eigenvalue weighted by Gasteiger charge is -2.17. The molecule has 0 spiro atoms. The van der Waals surface area contributed by atoms with E-state index >= 15 is 0 Å². The van der Waals surface area contributed by atoms with Crippen LogP contribution in [0, 0.1) is 0 Å². The van der Waals surface area contributed by atoms with Crippen LogP contribution in [0.3, 0.4) is 0 Å². The lowest BCUT2D eigenvalue weighted by Crippen LogP contribution is -2.18. The number of fused-ring (bicyclic) bond motifs is 1. The van der Waals surface area contributed by atoms with Gasteiger partial charge in [0.1, 0.15) is 17.1 Å². The van der Waals surface area contributed by atoms with Crippen molar-refractivity contribution in [2.75, 3.05) is 7.11 Å². The predicted octanol–water partition coefficient (Wildman–Crippen LogP) is 2.90. The van der Waals surface area contributed by atoms with Gasteiger partial charge in [-0.1, -0.05) is 24.3 Å². The van der Waals surface area contributed by atoms with E-state index in [9.17, 15) is 19.8 Å². The summed E-state index contributed by atoms with van der Waals surface area (Å²) in [7, 11) is 1.25. The Morgan fingerprint density at radius 2 is 1.80 bits per heavy atom. The van der Waals surface area contributed by atoms with Crippen LogP contribution in [0.4, 0.5) is 0 Å². The maximum absolute atomic E-state index is 12.5. The summed E-state index contributed by atoms with van der Waals surface area (Å²) >= 11 is 0. The first-order valence-corrected chi connectivity index (χ1v) is 7.61. The Hall–Kier alpha value is -3.28. The molecule has 2 N–H and O–H groups in total. The fourth-order valence-electron chi connectivity index (χ4n) is 2.80. The highest BCUT2D eigenvalue weighted by molar-refractivity contribution is 5.84. The van der Waals surface area contributed by atoms with Gasteiger partial charge in [0, 0.05) is 5.92 Å². The molecule has 0 saturated heterocycles. The van der Waals surface area contributed by atoms with Crippen LogP contribution >= 0.6 is 0 Å². The number of hydrogen-bond acceptors (Lipinski definition) is 6. The third kappa shape index (κ3) is 3.19. The average molecular weight is 340 g/mol. The molecular formula is C19H16O6. The Kier molecular flexibility index (Phi) is 4.43. The molecule has 3 rings (SSSR count). The van der Waals surface area contributed by atoms with E-state index < -0.39 is 17.5 Å². The third-order valence-electron chi connectivity index (χ3n) is 4.06. The standard InChI is InChI=1S/C19H16O6/c1-24-16(21)10-14(11-6-8-12(20)9-7-11)17-18(22)13-4-2-3-5-15(13)25-19(17)23/h2-9,14,20,22H,10H2,1H3/t14-/m1/s1. The van der Waals surface area contributed by atoms with Crippen LogP contribution in [0.25, 0.3) is 11.0 Å². The minimum absolute atomic E-state index is 0.0187. The smallest absolute Gasteiger partial charge is 0.343 e. The first kappa shape index (κ1) is 16.6. The Morgan fingerprint density at radius 3 is 2.48 bits per heavy atom. The Balaban J connectivity index is 2.22. The number of phenolic OH excluding ortho intramolecular Hbond substituents is 1. The highest BCUT2D eigenvalue weighted by atomic mass is 16.5. The van der Waals surface area contributed by atoms with Crippen molar-refractivity contribution in [2.45, 2.75) is 12.3 Å². The molecule has 0 aliphatic heterocycles. The van der Waals surface area contributed by atoms with Gasteiger partial charge in [0.25, 0.3) is 0 Å². The minimum Gasteiger partial charge on any atom is -0.508 e. The van der Waals surface area contributed by atoms with Gasteiger partial charge in [0.2, 0.25) is 0 Å². The number of methoxy groups -OCH3 is 1. The number of carbonyl (C=O) groups excluding carboxylic acids is 1. The van der Waals surface area contributed by atoms with Gasteiger partial charge in [-0.25, -0.2) is 4.79 Å². The van der Waals surface area contributed by atoms with Crippen LogP contribution in [-0.4, -0.2) is 23.3 Å². The number of hydrogen-bond donors (Lipinski definition) is 2. The highest BCUT2D eigenvalue weighted by Crippen LogP contribution is 2.36. The lowest BCUT2D eigenvalue weighted by molar-refractivity contribution is -0.140. The SMILES string of the molecule is COC(=O)C[C@H](c1ccc(O)cc1)c1c(O)c2ccccc2oc1=O. The molecule has 0 radical (unpaired) electrons. The zero-order valence-corrected chi connectivity index (χ0v) is 13.4. The van der Waals surface area contributed by atoms with Gasteiger partial charge in [0.05, 0.1) is 24.5 Å². The van der Waals surface area contributed by atoms with Crippen molar-refractivity contribution < 1.29 is 24.2 Å². The normalized spacial score (nSPS) is 12.0. The summed E-state index contributed by atoms with van der Waals surface area (Å²) < 4.78 is 10.0. The number of benzene rings is 2. The molecule has 1 atom stereocenters. The molecule has 0 aliphatic rings. The first-order valence-electron chi connectivity index (χ1n) is 7.61. The van der Waals surface area contributed by atoms with Crippen LogP contribution < -0.4 is 5.63 Å². The van der Waals surface area contributed by atoms with Crippen LogP contribution in [0.5, 0.6) is 11.5 Å². The van der Waals surface area contributed by atoms with Crippen molar-refractivity contribution >= 4 is 16.9 Å². The second kappa shape index (κ2) is 6.68. The summed E-state index contributed by atoms with van der Waals surface area (Å²) in [6.45, 7) is 0. The second-order valence-electron chi connectivity index (χ2n) is 5.57. The molecular weight excluding hydrogens is 324 g/mol. The summed E-state index contributed by atoms with van der Waals surface area (Å²) in [5, 5.41) is 20.5. The van der Waals surface area contributed by atoms with E-state index in [0.29, 0.717) is 10.9 Å². The molecule has 1 heterocycles. The maximum atomic E-state index is 12.5. The summed E-state index contributed by atoms with van der Waals surface area (Å²) in [4.78, 5) is 24.3. The van der Waals surface area contributed by atoms with E-state index in [0.717, 1.165) is 0 Å². The van der Waals surface area contributed by atoms with Crippen molar-refractivity contribution in [3.63, 3.8) is 0 Å². The molecule has 25 heavy (non-hydrogen) atoms. The number of rotatable bonds is 4. The van der Waals surface area contributed by atoms with Crippen LogP contribution in [0.15, 0.2) is 57.7 Å². The number of phenols is 1. The first-order chi connectivity index (χ1) is 12.0. The Labute approximate surface area is 142 Å². The van der Waals surface area contributed by atoms with Gasteiger partial charge < -0.3 is 19.4 Å². The number of aromatic hydroxyl groups is 2. The van der Waals surface area contributed by atoms with Crippen molar-refractivity contribution in [1.82, 2.24) is 0 Å². The monoisotopic (exact) mass is 340 g/mol. The summed E-state index contributed by atoms with van der Waals surface area (Å²) in [5.41, 5.74) is 0.0883. The summed E-state index contributed by atoms with van der Waals surface area (Å²) in [6, 6.07) is 12.7. The summed E-state index contributed by atoms with van der Waals surface area (Å²) in [6.07, 6.45) is -0.155. The number of para-hydroxylation sites is 1. The predicted molar refractivity (Wildman–Crippen MR) is 90.7 cm³/mol. The zero-order chi connectivity index (χ0) is 18.0. The molecule has 3 aromatic rings. The van der Waals surface area contributed by atoms with Crippen LogP contribution in [0.1, 0.15) is 23.5 Å². The quantitative estimate of drug-likeness (QED) is 0.560. The van der Waals surface area contributed by atoms with Crippen molar-refractivity contribution in [3.8, 4) is 11.5 Å². The fraction of sp³-hybridized carbons (Fsp3) is 0.158. The molecule has 6 nitrogen and oxygen atoms in total. The van der Waals surface area contributed by atoms with E-state index in [1.807, 2.05) is 0 Å². The summed E-state index contributed by atoms with van der Waals surface area (Å²) in [5.74, 6) is -1.48. The second-order valence-corrected chi connectivity index (χ2v) is 5.57. The molecule has 1 aromatic heterocycles. The molecule has 0 saturated carbocycles. The van der Waals surface area contributed by atoms with E-state index in [4.69, 9.17) is 9.15 Å². The Bertz CT molecular complexity index is 971. The molecule has 128 valence electrons. The Morgan fingerprint density at radius 1 is 1.12 bits per heavy atom. The van der Waals surface area contributed by atoms with Crippen molar-refractivity contribution in [1.29, 1.82) is 0 Å². The molecule has 0 aliphatic carbocycles. The molecule has 0 amide bonds. The highest BCUT2D eigenvalue weighted by Gasteiger charge is 2.27. The van der Waals surface area contributed by atoms with Gasteiger partial charge in [0.15, 0.2) is 0 Å². The molecule has 6 heteroatoms. The van der Waals surface area contributed by atoms with E-state index in [2.05, 4.69) is 0 Å². The lowest BCUT2D eigenvalue weighted by atomic mass is 9.88. The van der Waals surface area contributed by atoms with Crippen molar-refractivity contribution in [3.05, 3.63) is 70.1 Å². The topological polar surface area (TPSA) is 97.0 Å². The number of carbonyl (C=O) groups is 1. The van der Waals surface area contributed by atoms with Crippen molar-refractivity contribution in [2.24, 2.45) is 0 Å². The maximum Gasteiger partial charge on any atom is 0.343 e.